The van der Waals surface area contributed by atoms with E-state index in [2.05, 4.69) is 0 Å². The van der Waals surface area contributed by atoms with E-state index in [0.29, 0.717) is 17.9 Å². The number of aromatic nitrogens is 2. The number of ether oxygens (including phenoxy) is 1. The Hall–Kier alpha value is -2.41. The van der Waals surface area contributed by atoms with Crippen molar-refractivity contribution >= 4 is 0 Å². The molecule has 0 aliphatic heterocycles. The van der Waals surface area contributed by atoms with Gasteiger partial charge < -0.3 is 9.94 Å². The highest BCUT2D eigenvalue weighted by atomic mass is 19.1. The summed E-state index contributed by atoms with van der Waals surface area (Å²) in [5.41, 5.74) is -0.256. The fraction of sp³-hybridized carbons (Fsp3) is 0.333. The van der Waals surface area contributed by atoms with Gasteiger partial charge in [-0.15, -0.1) is 0 Å². The summed E-state index contributed by atoms with van der Waals surface area (Å²) < 4.78 is 19.4. The average molecular weight is 308 g/mol. The second-order valence-electron chi connectivity index (χ2n) is 4.82. The Bertz CT molecular complexity index is 778. The molecule has 0 atom stereocenters. The summed E-state index contributed by atoms with van der Waals surface area (Å²) >= 11 is 0. The molecule has 0 unspecified atom stereocenters. The number of benzene rings is 1. The number of rotatable bonds is 5. The van der Waals surface area contributed by atoms with Crippen LogP contribution in [0, 0.1) is 12.7 Å². The van der Waals surface area contributed by atoms with Crippen LogP contribution in [-0.4, -0.2) is 21.1 Å². The van der Waals surface area contributed by atoms with E-state index in [-0.39, 0.29) is 29.3 Å². The van der Waals surface area contributed by atoms with E-state index in [1.54, 1.807) is 26.0 Å². The van der Waals surface area contributed by atoms with Crippen molar-refractivity contribution in [2.24, 2.45) is 0 Å². The summed E-state index contributed by atoms with van der Waals surface area (Å²) in [5.74, 6) is -0.374. The molecule has 7 heteroatoms. The lowest BCUT2D eigenvalue weighted by molar-refractivity contribution is 0.0704. The quantitative estimate of drug-likeness (QED) is 0.845. The van der Waals surface area contributed by atoms with Gasteiger partial charge in [-0.25, -0.2) is 9.18 Å². The number of hydrogen-bond acceptors (Lipinski definition) is 4. The molecule has 2 rings (SSSR count). The lowest BCUT2D eigenvalue weighted by atomic mass is 10.0. The molecule has 0 bridgehead atoms. The molecule has 0 saturated heterocycles. The standard InChI is InChI=1S/C15H17FN2O4/c1-3-22-9-17-10(2)13(14(19)18(21)15(17)20)8-11-4-6-12(16)7-5-11/h4-7,21H,3,8-9H2,1-2H3. The number of halogens is 1. The molecule has 0 fully saturated rings. The highest BCUT2D eigenvalue weighted by Gasteiger charge is 2.16. The summed E-state index contributed by atoms with van der Waals surface area (Å²) in [5, 5.41) is 9.67. The van der Waals surface area contributed by atoms with Crippen molar-refractivity contribution in [3.05, 3.63) is 67.7 Å². The van der Waals surface area contributed by atoms with E-state index in [1.165, 1.54) is 16.7 Å². The Balaban J connectivity index is 2.50. The van der Waals surface area contributed by atoms with Crippen LogP contribution in [0.4, 0.5) is 4.39 Å². The van der Waals surface area contributed by atoms with Gasteiger partial charge in [-0.3, -0.25) is 9.36 Å². The molecule has 0 aliphatic carbocycles. The maximum absolute atomic E-state index is 12.9. The monoisotopic (exact) mass is 308 g/mol. The summed E-state index contributed by atoms with van der Waals surface area (Å²) in [6.07, 6.45) is 0.178. The smallest absolute Gasteiger partial charge is 0.366 e. The lowest BCUT2D eigenvalue weighted by Crippen LogP contribution is -2.42. The van der Waals surface area contributed by atoms with Crippen LogP contribution in [0.5, 0.6) is 0 Å². The third kappa shape index (κ3) is 3.09. The highest BCUT2D eigenvalue weighted by Crippen LogP contribution is 2.10. The van der Waals surface area contributed by atoms with Crippen molar-refractivity contribution < 1.29 is 14.3 Å². The van der Waals surface area contributed by atoms with Gasteiger partial charge in [-0.05, 0) is 31.5 Å². The van der Waals surface area contributed by atoms with E-state index < -0.39 is 11.2 Å². The van der Waals surface area contributed by atoms with Crippen LogP contribution < -0.4 is 11.2 Å². The largest absolute Gasteiger partial charge is 0.421 e. The van der Waals surface area contributed by atoms with Crippen LogP contribution in [0.1, 0.15) is 23.7 Å². The molecule has 0 saturated carbocycles. The molecule has 0 radical (unpaired) electrons. The van der Waals surface area contributed by atoms with Crippen LogP contribution >= 0.6 is 0 Å². The molecule has 1 aromatic carbocycles. The van der Waals surface area contributed by atoms with Gasteiger partial charge in [0, 0.05) is 24.3 Å². The van der Waals surface area contributed by atoms with Crippen LogP contribution in [0.15, 0.2) is 33.9 Å². The molecule has 118 valence electrons. The first-order chi connectivity index (χ1) is 10.5. The third-order valence-corrected chi connectivity index (χ3v) is 3.42. The van der Waals surface area contributed by atoms with Crippen LogP contribution in [0.3, 0.4) is 0 Å². The van der Waals surface area contributed by atoms with Crippen molar-refractivity contribution in [2.45, 2.75) is 27.0 Å². The van der Waals surface area contributed by atoms with Crippen LogP contribution in [0.2, 0.25) is 0 Å². The van der Waals surface area contributed by atoms with Gasteiger partial charge in [-0.1, -0.05) is 16.9 Å². The van der Waals surface area contributed by atoms with Crippen LogP contribution in [-0.2, 0) is 17.9 Å². The molecule has 1 N–H and O–H groups in total. The van der Waals surface area contributed by atoms with Gasteiger partial charge >= 0.3 is 5.69 Å². The minimum atomic E-state index is -0.848. The predicted octanol–water partition coefficient (Wildman–Crippen LogP) is 1.28. The maximum Gasteiger partial charge on any atom is 0.366 e. The van der Waals surface area contributed by atoms with Gasteiger partial charge in [-0.2, -0.15) is 0 Å². The third-order valence-electron chi connectivity index (χ3n) is 3.42. The topological polar surface area (TPSA) is 73.5 Å². The van der Waals surface area contributed by atoms with Crippen molar-refractivity contribution in [1.82, 2.24) is 9.30 Å². The van der Waals surface area contributed by atoms with Crippen molar-refractivity contribution in [2.75, 3.05) is 6.61 Å². The Morgan fingerprint density at radius 2 is 1.86 bits per heavy atom. The van der Waals surface area contributed by atoms with Gasteiger partial charge in [0.05, 0.1) is 0 Å². The normalized spacial score (nSPS) is 10.9. The van der Waals surface area contributed by atoms with Gasteiger partial charge in [0.1, 0.15) is 12.5 Å². The molecule has 22 heavy (non-hydrogen) atoms. The summed E-state index contributed by atoms with van der Waals surface area (Å²) in [4.78, 5) is 24.0. The van der Waals surface area contributed by atoms with Crippen molar-refractivity contribution in [3.63, 3.8) is 0 Å². The van der Waals surface area contributed by atoms with E-state index in [0.717, 1.165) is 0 Å². The van der Waals surface area contributed by atoms with E-state index in [4.69, 9.17) is 4.74 Å². The number of nitrogens with zero attached hydrogens (tertiary/aromatic N) is 2. The molecule has 0 aliphatic rings. The Morgan fingerprint density at radius 1 is 1.23 bits per heavy atom. The van der Waals surface area contributed by atoms with Crippen LogP contribution in [0.25, 0.3) is 0 Å². The Kier molecular flexibility index (Phi) is 4.77. The summed E-state index contributed by atoms with van der Waals surface area (Å²) in [6.45, 7) is 3.72. The van der Waals surface area contributed by atoms with Gasteiger partial charge in [0.2, 0.25) is 0 Å². The molecular weight excluding hydrogens is 291 g/mol. The first-order valence-corrected chi connectivity index (χ1v) is 6.82. The minimum absolute atomic E-state index is 0.0571. The lowest BCUT2D eigenvalue weighted by Gasteiger charge is -2.14. The van der Waals surface area contributed by atoms with Gasteiger partial charge in [0.15, 0.2) is 0 Å². The van der Waals surface area contributed by atoms with Crippen molar-refractivity contribution in [3.8, 4) is 0 Å². The molecular formula is C15H17FN2O4. The van der Waals surface area contributed by atoms with E-state index in [9.17, 15) is 19.2 Å². The molecule has 0 spiro atoms. The second-order valence-corrected chi connectivity index (χ2v) is 4.82. The molecule has 1 heterocycles. The molecule has 0 amide bonds. The second kappa shape index (κ2) is 6.57. The zero-order valence-electron chi connectivity index (χ0n) is 12.4. The fourth-order valence-corrected chi connectivity index (χ4v) is 2.13. The Labute approximate surface area is 126 Å². The zero-order valence-corrected chi connectivity index (χ0v) is 12.4. The summed E-state index contributed by atoms with van der Waals surface area (Å²) in [7, 11) is 0. The predicted molar refractivity (Wildman–Crippen MR) is 77.7 cm³/mol. The van der Waals surface area contributed by atoms with E-state index in [1.807, 2.05) is 0 Å². The van der Waals surface area contributed by atoms with E-state index >= 15 is 0 Å². The average Bonchev–Trinajstić information content (AvgIpc) is 2.51. The maximum atomic E-state index is 12.9. The first-order valence-electron chi connectivity index (χ1n) is 6.82. The first kappa shape index (κ1) is 16.0. The number of hydrogen-bond donors (Lipinski definition) is 1. The summed E-state index contributed by atoms with van der Waals surface area (Å²) in [6, 6.07) is 5.68. The fourth-order valence-electron chi connectivity index (χ4n) is 2.13. The minimum Gasteiger partial charge on any atom is -0.421 e. The molecule has 1 aromatic heterocycles. The SMILES string of the molecule is CCOCn1c(C)c(Cc2ccc(F)cc2)c(=O)n(O)c1=O. The zero-order chi connectivity index (χ0) is 16.3. The highest BCUT2D eigenvalue weighted by molar-refractivity contribution is 5.27. The molecule has 6 nitrogen and oxygen atoms in total. The Morgan fingerprint density at radius 3 is 2.45 bits per heavy atom. The molecule has 2 aromatic rings. The van der Waals surface area contributed by atoms with Gasteiger partial charge in [0.25, 0.3) is 5.56 Å². The van der Waals surface area contributed by atoms with Crippen molar-refractivity contribution in [1.29, 1.82) is 0 Å².